The number of amides is 10. The van der Waals surface area contributed by atoms with Crippen molar-refractivity contribution in [1.82, 2.24) is 42.1 Å². The van der Waals surface area contributed by atoms with Crippen molar-refractivity contribution in [3.05, 3.63) is 65.7 Å². The molecule has 3 rings (SSSR count). The van der Waals surface area contributed by atoms with Crippen molar-refractivity contribution in [2.45, 2.75) is 147 Å². The number of guanidine groups is 1. The normalized spacial score (nSPS) is 16.4. The van der Waals surface area contributed by atoms with E-state index in [-0.39, 0.29) is 50.6 Å². The molecule has 24 nitrogen and oxygen atoms in total. The van der Waals surface area contributed by atoms with E-state index in [0.717, 1.165) is 18.4 Å². The molecule has 0 spiro atoms. The summed E-state index contributed by atoms with van der Waals surface area (Å²) in [5.74, 6) is -6.81. The van der Waals surface area contributed by atoms with Crippen LogP contribution in [0.25, 0.3) is 0 Å². The summed E-state index contributed by atoms with van der Waals surface area (Å²) in [7, 11) is 0. The van der Waals surface area contributed by atoms with Gasteiger partial charge in [0.15, 0.2) is 5.96 Å². The number of hydrogen-bond acceptors (Lipinski definition) is 12. The maximum atomic E-state index is 13.5. The lowest BCUT2D eigenvalue weighted by molar-refractivity contribution is -0.141. The fourth-order valence-corrected chi connectivity index (χ4v) is 7.35. The molecule has 0 radical (unpaired) electrons. The number of primary amides is 1. The van der Waals surface area contributed by atoms with Crippen LogP contribution in [0, 0.1) is 0 Å². The van der Waals surface area contributed by atoms with Gasteiger partial charge in [0.2, 0.25) is 59.1 Å². The number of aryl methyl sites for hydroxylation is 1. The maximum absolute atomic E-state index is 13.5. The molecule has 0 bridgehead atoms. The molecule has 24 heteroatoms. The van der Waals surface area contributed by atoms with Gasteiger partial charge >= 0.3 is 0 Å². The number of nitrogens with one attached hydrogen (secondary N) is 8. The van der Waals surface area contributed by atoms with E-state index in [9.17, 15) is 53.1 Å². The van der Waals surface area contributed by atoms with Crippen molar-refractivity contribution in [2.24, 2.45) is 22.2 Å². The van der Waals surface area contributed by atoms with Gasteiger partial charge in [-0.05, 0) is 103 Å². The molecule has 1 saturated heterocycles. The number of hydrogen-bond donors (Lipinski definition) is 12. The van der Waals surface area contributed by atoms with E-state index in [1.165, 1.54) is 46.4 Å². The summed E-state index contributed by atoms with van der Waals surface area (Å²) in [5.41, 5.74) is 18.2. The molecule has 1 aliphatic rings. The highest BCUT2D eigenvalue weighted by molar-refractivity contribution is 6.00. The van der Waals surface area contributed by atoms with Crippen LogP contribution in [0.3, 0.4) is 0 Å². The lowest BCUT2D eigenvalue weighted by Gasteiger charge is -2.28. The highest BCUT2D eigenvalue weighted by atomic mass is 16.3. The van der Waals surface area contributed by atoms with Crippen molar-refractivity contribution >= 4 is 70.7 Å². The van der Waals surface area contributed by atoms with E-state index in [2.05, 4.69) is 47.5 Å². The van der Waals surface area contributed by atoms with Gasteiger partial charge in [-0.1, -0.05) is 42.5 Å². The molecule has 72 heavy (non-hydrogen) atoms. The highest BCUT2D eigenvalue weighted by Gasteiger charge is 2.40. The maximum Gasteiger partial charge on any atom is 0.246 e. The van der Waals surface area contributed by atoms with E-state index in [4.69, 9.17) is 17.2 Å². The van der Waals surface area contributed by atoms with Crippen LogP contribution in [-0.2, 0) is 60.8 Å². The molecule has 1 fully saturated rings. The average molecular weight is 1010 g/mol. The lowest BCUT2D eigenvalue weighted by atomic mass is 10.1. The predicted octanol–water partition coefficient (Wildman–Crippen LogP) is -2.41. The minimum absolute atomic E-state index is 0.0276. The number of carbonyl (C=O) groups excluding carboxylic acids is 10. The molecular formula is C48H71N13O11. The van der Waals surface area contributed by atoms with Crippen LogP contribution in [0.5, 0.6) is 0 Å². The smallest absolute Gasteiger partial charge is 0.246 e. The third-order valence-corrected chi connectivity index (χ3v) is 11.6. The van der Waals surface area contributed by atoms with Gasteiger partial charge < -0.3 is 69.7 Å². The number of likely N-dealkylation sites (tertiary alicyclic amines) is 1. The Morgan fingerprint density at radius 3 is 1.81 bits per heavy atom. The minimum atomic E-state index is -1.59. The fraction of sp³-hybridized carbons (Fsp3) is 0.521. The Balaban J connectivity index is 1.49. The molecule has 394 valence electrons. The number of aliphatic hydroxyl groups is 1. The standard InChI is InChI=1S/C48H71N13O11/c1-26(40(65)54-28(3)42(67)57-34-20-18-33(19-21-34)25-37(49)63)53-41(66)27(2)56-46(71)39(31(6)62)60-44(69)30(5)61-24-22-36(47(61)72)59-43(68)29(4)55-45(70)35(16-12-23-52-48(50)51)58-38(64)17-11-10-15-32-13-8-7-9-14-32/h7-9,13-14,18-21,26-31,35-36,39,62H,10-12,15-17,22-25H2,1-6H3,(H2,49,63)(H,53,66)(H,54,65)(H,55,70)(H,56,71)(H,57,67)(H,58,64)(H,59,68)(H,60,69)(H4,50,51,52)/t26-,27-,28-,29-,30-,31+,35-,36+,39-/m0/s1. The summed E-state index contributed by atoms with van der Waals surface area (Å²) in [6.45, 7) is 8.35. The topological polar surface area (TPSA) is 381 Å². The summed E-state index contributed by atoms with van der Waals surface area (Å²) in [5, 5.41) is 30.8. The van der Waals surface area contributed by atoms with Gasteiger partial charge in [-0.15, -0.1) is 0 Å². The first kappa shape index (κ1) is 58.7. The summed E-state index contributed by atoms with van der Waals surface area (Å²) in [6.07, 6.45) is 1.48. The van der Waals surface area contributed by atoms with Crippen molar-refractivity contribution < 1.29 is 53.1 Å². The summed E-state index contributed by atoms with van der Waals surface area (Å²) < 4.78 is 0. The molecule has 2 aromatic rings. The Morgan fingerprint density at radius 2 is 1.22 bits per heavy atom. The average Bonchev–Trinajstić information content (AvgIpc) is 3.68. The van der Waals surface area contributed by atoms with Crippen LogP contribution >= 0.6 is 0 Å². The van der Waals surface area contributed by atoms with Gasteiger partial charge in [-0.2, -0.15) is 0 Å². The Bertz CT molecular complexity index is 2260. The van der Waals surface area contributed by atoms with E-state index in [1.54, 1.807) is 24.3 Å². The molecule has 0 aliphatic carbocycles. The first-order valence-corrected chi connectivity index (χ1v) is 23.8. The van der Waals surface area contributed by atoms with Gasteiger partial charge in [-0.3, -0.25) is 52.9 Å². The Kier molecular flexibility index (Phi) is 23.5. The van der Waals surface area contributed by atoms with Crippen molar-refractivity contribution in [1.29, 1.82) is 0 Å². The number of benzene rings is 2. The van der Waals surface area contributed by atoms with Crippen molar-refractivity contribution in [2.75, 3.05) is 18.4 Å². The van der Waals surface area contributed by atoms with Crippen molar-refractivity contribution in [3.63, 3.8) is 0 Å². The number of anilines is 1. The second-order valence-corrected chi connectivity index (χ2v) is 17.8. The summed E-state index contributed by atoms with van der Waals surface area (Å²) in [4.78, 5) is 135. The second-order valence-electron chi connectivity index (χ2n) is 17.8. The van der Waals surface area contributed by atoms with Crippen LogP contribution in [0.4, 0.5) is 5.69 Å². The molecule has 1 aliphatic heterocycles. The quantitative estimate of drug-likeness (QED) is 0.0241. The molecule has 0 saturated carbocycles. The lowest BCUT2D eigenvalue weighted by Crippen LogP contribution is -2.60. The largest absolute Gasteiger partial charge is 0.391 e. The monoisotopic (exact) mass is 1010 g/mol. The zero-order valence-electron chi connectivity index (χ0n) is 41.6. The Morgan fingerprint density at radius 1 is 0.653 bits per heavy atom. The SMILES string of the molecule is C[C@H](NC(=O)[C@H](C)NC(=O)[C@H](C)NC(=O)[C@@H](NC(=O)[C@H](C)N1CC[C@@H](NC(=O)[C@H](C)NC(=O)[C@H](CCCN=C(N)N)NC(=O)CCCCc2ccccc2)C1=O)[C@@H](C)O)C(=O)Nc1ccc(CC(N)=O)cc1. The van der Waals surface area contributed by atoms with Crippen LogP contribution < -0.4 is 59.7 Å². The van der Waals surface area contributed by atoms with Crippen molar-refractivity contribution in [3.8, 4) is 0 Å². The van der Waals surface area contributed by atoms with Gasteiger partial charge in [-0.25, -0.2) is 0 Å². The first-order chi connectivity index (χ1) is 34.0. The summed E-state index contributed by atoms with van der Waals surface area (Å²) >= 11 is 0. The van der Waals surface area contributed by atoms with E-state index in [1.807, 2.05) is 30.3 Å². The molecule has 10 amide bonds. The molecule has 1 heterocycles. The molecular weight excluding hydrogens is 935 g/mol. The number of carbonyl (C=O) groups is 10. The zero-order valence-corrected chi connectivity index (χ0v) is 41.6. The van der Waals surface area contributed by atoms with E-state index in [0.29, 0.717) is 24.1 Å². The van der Waals surface area contributed by atoms with Crippen LogP contribution in [0.2, 0.25) is 0 Å². The van der Waals surface area contributed by atoms with Gasteiger partial charge in [0.25, 0.3) is 0 Å². The number of nitrogens with zero attached hydrogens (tertiary/aromatic N) is 2. The highest BCUT2D eigenvalue weighted by Crippen LogP contribution is 2.16. The Hall–Kier alpha value is -7.63. The Labute approximate surface area is 418 Å². The third-order valence-electron chi connectivity index (χ3n) is 11.6. The predicted molar refractivity (Wildman–Crippen MR) is 266 cm³/mol. The van der Waals surface area contributed by atoms with E-state index >= 15 is 0 Å². The minimum Gasteiger partial charge on any atom is -0.391 e. The molecule has 0 unspecified atom stereocenters. The van der Waals surface area contributed by atoms with Crippen LogP contribution in [-0.4, -0.2) is 143 Å². The molecule has 9 atom stereocenters. The number of unbranched alkanes of at least 4 members (excludes halogenated alkanes) is 1. The van der Waals surface area contributed by atoms with Gasteiger partial charge in [0.05, 0.1) is 12.5 Å². The van der Waals surface area contributed by atoms with Crippen LogP contribution in [0.15, 0.2) is 59.6 Å². The first-order valence-electron chi connectivity index (χ1n) is 23.8. The molecule has 2 aromatic carbocycles. The fourth-order valence-electron chi connectivity index (χ4n) is 7.35. The molecule has 15 N–H and O–H groups in total. The van der Waals surface area contributed by atoms with Gasteiger partial charge in [0.1, 0.15) is 48.3 Å². The number of nitrogens with two attached hydrogens (primary N) is 3. The third kappa shape index (κ3) is 19.6. The zero-order chi connectivity index (χ0) is 53.7. The second kappa shape index (κ2) is 28.9. The number of rotatable bonds is 28. The van der Waals surface area contributed by atoms with Crippen LogP contribution in [0.1, 0.15) is 91.2 Å². The van der Waals surface area contributed by atoms with E-state index < -0.39 is 108 Å². The molecule has 0 aromatic heterocycles. The van der Waals surface area contributed by atoms with Gasteiger partial charge in [0, 0.05) is 25.2 Å². The number of aliphatic imine (C=N–C) groups is 1. The number of aliphatic hydroxyl groups excluding tert-OH is 1. The summed E-state index contributed by atoms with van der Waals surface area (Å²) in [6, 6.07) is 6.70.